The van der Waals surface area contributed by atoms with Crippen molar-refractivity contribution in [2.45, 2.75) is 20.4 Å². The van der Waals surface area contributed by atoms with Gasteiger partial charge in [0.05, 0.1) is 26.2 Å². The summed E-state index contributed by atoms with van der Waals surface area (Å²) in [5.41, 5.74) is 1.49. The molecule has 1 amide bonds. The number of carboxylic acid groups (broad SMARTS) is 2. The molecule has 3 N–H and O–H groups in total. The first kappa shape index (κ1) is 32.0. The number of aldehydes is 1. The summed E-state index contributed by atoms with van der Waals surface area (Å²) < 4.78 is 0. The average Bonchev–Trinajstić information content (AvgIpc) is 2.88. The molecule has 12 heteroatoms. The Morgan fingerprint density at radius 3 is 1.62 bits per heavy atom. The molecule has 0 atom stereocenters. The largest absolute Gasteiger partial charge is 0.480 e. The smallest absolute Gasteiger partial charge is 0.317 e. The third-order valence-electron chi connectivity index (χ3n) is 6.60. The maximum Gasteiger partial charge on any atom is 0.317 e. The fourth-order valence-electron chi connectivity index (χ4n) is 4.30. The minimum absolute atomic E-state index is 0.0613. The fourth-order valence-corrected chi connectivity index (χ4v) is 4.30. The molecule has 1 saturated heterocycles. The zero-order valence-electron chi connectivity index (χ0n) is 22.9. The fraction of sp³-hybridized carbons (Fsp3) is 0.593. The normalized spacial score (nSPS) is 17.2. The van der Waals surface area contributed by atoms with E-state index >= 15 is 0 Å². The van der Waals surface area contributed by atoms with Gasteiger partial charge in [0.1, 0.15) is 6.29 Å². The highest BCUT2D eigenvalue weighted by atomic mass is 16.4. The number of carbonyl (C=O) groups excluding carboxylic acids is 3. The quantitative estimate of drug-likeness (QED) is 0.234. The number of nitrogens with one attached hydrogen (secondary N) is 1. The molecule has 0 unspecified atom stereocenters. The maximum absolute atomic E-state index is 12.8. The van der Waals surface area contributed by atoms with Crippen LogP contribution in [0, 0.1) is 5.92 Å². The molecule has 0 spiro atoms. The highest BCUT2D eigenvalue weighted by molar-refractivity contribution is 5.97. The van der Waals surface area contributed by atoms with Gasteiger partial charge in [0.15, 0.2) is 5.78 Å². The molecule has 0 saturated carbocycles. The molecule has 1 aliphatic heterocycles. The topological polar surface area (TPSA) is 151 Å². The van der Waals surface area contributed by atoms with E-state index < -0.39 is 11.9 Å². The zero-order chi connectivity index (χ0) is 28.8. The molecule has 12 nitrogen and oxygen atoms in total. The molecule has 1 heterocycles. The molecule has 39 heavy (non-hydrogen) atoms. The van der Waals surface area contributed by atoms with E-state index in [-0.39, 0.29) is 43.8 Å². The van der Waals surface area contributed by atoms with Gasteiger partial charge in [-0.3, -0.25) is 38.8 Å². The summed E-state index contributed by atoms with van der Waals surface area (Å²) in [7, 11) is 0. The van der Waals surface area contributed by atoms with Crippen LogP contribution >= 0.6 is 0 Å². The van der Waals surface area contributed by atoms with Gasteiger partial charge in [0.2, 0.25) is 5.91 Å². The Bertz CT molecular complexity index is 938. The first-order valence-corrected chi connectivity index (χ1v) is 13.2. The van der Waals surface area contributed by atoms with E-state index in [0.29, 0.717) is 64.5 Å². The minimum atomic E-state index is -0.956. The predicted molar refractivity (Wildman–Crippen MR) is 145 cm³/mol. The molecule has 1 aromatic carbocycles. The molecule has 0 aliphatic carbocycles. The minimum Gasteiger partial charge on any atom is -0.480 e. The van der Waals surface area contributed by atoms with E-state index in [0.717, 1.165) is 11.8 Å². The second-order valence-corrected chi connectivity index (χ2v) is 10.1. The number of hydrogen-bond acceptors (Lipinski definition) is 9. The number of ketones is 1. The molecule has 0 aromatic heterocycles. The van der Waals surface area contributed by atoms with Crippen molar-refractivity contribution in [2.75, 3.05) is 78.5 Å². The van der Waals surface area contributed by atoms with Crippen LogP contribution in [0.5, 0.6) is 0 Å². The summed E-state index contributed by atoms with van der Waals surface area (Å²) in [6.07, 6.45) is 0.787. The van der Waals surface area contributed by atoms with Crippen molar-refractivity contribution in [2.24, 2.45) is 5.92 Å². The summed E-state index contributed by atoms with van der Waals surface area (Å²) >= 11 is 0. The molecule has 1 fully saturated rings. The van der Waals surface area contributed by atoms with Crippen molar-refractivity contribution >= 4 is 29.9 Å². The average molecular weight is 548 g/mol. The van der Waals surface area contributed by atoms with Gasteiger partial charge in [0.25, 0.3) is 0 Å². The van der Waals surface area contributed by atoms with Crippen molar-refractivity contribution in [3.63, 3.8) is 0 Å². The molecular formula is C27H41N5O7. The van der Waals surface area contributed by atoms with Crippen LogP contribution in [0.2, 0.25) is 0 Å². The molecule has 0 bridgehead atoms. The third-order valence-corrected chi connectivity index (χ3v) is 6.60. The first-order chi connectivity index (χ1) is 18.6. The number of hydrogen-bond donors (Lipinski definition) is 3. The number of aliphatic carboxylic acids is 2. The lowest BCUT2D eigenvalue weighted by atomic mass is 10.00. The van der Waals surface area contributed by atoms with E-state index in [9.17, 15) is 34.2 Å². The summed E-state index contributed by atoms with van der Waals surface area (Å²) in [4.78, 5) is 66.2. The van der Waals surface area contributed by atoms with Crippen molar-refractivity contribution < 1.29 is 34.2 Å². The molecule has 1 aromatic rings. The molecular weight excluding hydrogens is 506 g/mol. The molecule has 1 aliphatic rings. The zero-order valence-corrected chi connectivity index (χ0v) is 22.9. The predicted octanol–water partition coefficient (Wildman–Crippen LogP) is -0.269. The van der Waals surface area contributed by atoms with Gasteiger partial charge in [-0.15, -0.1) is 0 Å². The van der Waals surface area contributed by atoms with Crippen molar-refractivity contribution in [1.29, 1.82) is 0 Å². The monoisotopic (exact) mass is 547 g/mol. The van der Waals surface area contributed by atoms with Gasteiger partial charge in [-0.1, -0.05) is 38.1 Å². The number of Topliss-reactive ketones (excluding diaryl/α,β-unsaturated/α-hetero) is 1. The summed E-state index contributed by atoms with van der Waals surface area (Å²) in [5, 5.41) is 21.6. The van der Waals surface area contributed by atoms with Crippen LogP contribution in [-0.4, -0.2) is 138 Å². The van der Waals surface area contributed by atoms with Crippen LogP contribution in [0.4, 0.5) is 0 Å². The highest BCUT2D eigenvalue weighted by Crippen LogP contribution is 2.10. The van der Waals surface area contributed by atoms with Crippen LogP contribution in [-0.2, 0) is 25.7 Å². The van der Waals surface area contributed by atoms with Crippen LogP contribution in [0.3, 0.4) is 0 Å². The first-order valence-electron chi connectivity index (χ1n) is 13.2. The Kier molecular flexibility index (Phi) is 13.7. The standard InChI is InChI=1S/C27H41N5O7/c1-21(2)27(39)23-5-3-22(4-6-23)17-28-24(34)18-30-11-13-31(19-25(35)36)9-7-29(15-16-33)8-10-32(14-12-30)20-26(37)38/h3-6,16,21H,7-15,17-20H2,1-2H3,(H,28,34)(H,35,36)(H,37,38). The Hall–Kier alpha value is -3.19. The van der Waals surface area contributed by atoms with Crippen molar-refractivity contribution in [3.05, 3.63) is 35.4 Å². The van der Waals surface area contributed by atoms with Crippen LogP contribution in [0.25, 0.3) is 0 Å². The number of carboxylic acids is 2. The Balaban J connectivity index is 2.04. The van der Waals surface area contributed by atoms with Gasteiger partial charge in [-0.05, 0) is 5.56 Å². The van der Waals surface area contributed by atoms with Gasteiger partial charge in [-0.2, -0.15) is 0 Å². The SMILES string of the molecule is CC(C)C(=O)c1ccc(CNC(=O)CN2CCN(CC(=O)O)CCN(CC=O)CCN(CC(=O)O)CC2)cc1. The maximum atomic E-state index is 12.8. The second kappa shape index (κ2) is 16.7. The lowest BCUT2D eigenvalue weighted by Crippen LogP contribution is -2.49. The van der Waals surface area contributed by atoms with E-state index in [1.165, 1.54) is 0 Å². The Labute approximate surface area is 229 Å². The van der Waals surface area contributed by atoms with Crippen LogP contribution in [0.15, 0.2) is 24.3 Å². The van der Waals surface area contributed by atoms with E-state index in [1.807, 2.05) is 35.8 Å². The van der Waals surface area contributed by atoms with Gasteiger partial charge < -0.3 is 20.3 Å². The lowest BCUT2D eigenvalue weighted by Gasteiger charge is -2.32. The van der Waals surface area contributed by atoms with Gasteiger partial charge in [-0.25, -0.2) is 0 Å². The third kappa shape index (κ3) is 12.5. The molecule has 0 radical (unpaired) electrons. The lowest BCUT2D eigenvalue weighted by molar-refractivity contribution is -0.139. The van der Waals surface area contributed by atoms with E-state index in [4.69, 9.17) is 0 Å². The number of amides is 1. The number of nitrogens with zero attached hydrogens (tertiary/aromatic N) is 4. The summed E-state index contributed by atoms with van der Waals surface area (Å²) in [6.45, 7) is 7.36. The van der Waals surface area contributed by atoms with E-state index in [1.54, 1.807) is 21.9 Å². The number of rotatable bonds is 12. The van der Waals surface area contributed by atoms with Gasteiger partial charge in [0, 0.05) is 70.4 Å². The summed E-state index contributed by atoms with van der Waals surface area (Å²) in [5.74, 6) is -2.16. The number of carbonyl (C=O) groups is 5. The van der Waals surface area contributed by atoms with Crippen molar-refractivity contribution in [3.8, 4) is 0 Å². The van der Waals surface area contributed by atoms with Crippen LogP contribution < -0.4 is 5.32 Å². The molecule has 2 rings (SSSR count). The molecule has 216 valence electrons. The Morgan fingerprint density at radius 1 is 0.769 bits per heavy atom. The highest BCUT2D eigenvalue weighted by Gasteiger charge is 2.20. The van der Waals surface area contributed by atoms with Crippen LogP contribution in [0.1, 0.15) is 29.8 Å². The summed E-state index contributed by atoms with van der Waals surface area (Å²) in [6, 6.07) is 7.14. The van der Waals surface area contributed by atoms with E-state index in [2.05, 4.69) is 5.32 Å². The Morgan fingerprint density at radius 2 is 1.21 bits per heavy atom. The van der Waals surface area contributed by atoms with Crippen molar-refractivity contribution in [1.82, 2.24) is 24.9 Å². The number of benzene rings is 1. The second-order valence-electron chi connectivity index (χ2n) is 10.1. The van der Waals surface area contributed by atoms with Gasteiger partial charge >= 0.3 is 11.9 Å².